The highest BCUT2D eigenvalue weighted by Crippen LogP contribution is 2.45. The van der Waals surface area contributed by atoms with Crippen LogP contribution in [0.4, 0.5) is 0 Å². The maximum absolute atomic E-state index is 6.96. The molecule has 0 bridgehead atoms. The number of fused-ring (bicyclic) bond motifs is 3. The van der Waals surface area contributed by atoms with Gasteiger partial charge in [-0.1, -0.05) is 86.1 Å². The first-order chi connectivity index (χ1) is 13.8. The van der Waals surface area contributed by atoms with Crippen molar-refractivity contribution >= 4 is 11.0 Å². The molecule has 28 heavy (non-hydrogen) atoms. The highest BCUT2D eigenvalue weighted by molar-refractivity contribution is 5.76. The number of benzene rings is 3. The molecule has 0 fully saturated rings. The van der Waals surface area contributed by atoms with Crippen molar-refractivity contribution in [2.75, 3.05) is 0 Å². The van der Waals surface area contributed by atoms with Gasteiger partial charge < -0.3 is 9.30 Å². The van der Waals surface area contributed by atoms with Crippen molar-refractivity contribution in [1.82, 2.24) is 9.55 Å². The van der Waals surface area contributed by atoms with Crippen LogP contribution in [0.2, 0.25) is 0 Å². The van der Waals surface area contributed by atoms with Gasteiger partial charge in [-0.05, 0) is 29.7 Å². The fourth-order valence-corrected chi connectivity index (χ4v) is 4.41. The molecule has 1 atom stereocenters. The van der Waals surface area contributed by atoms with Gasteiger partial charge >= 0.3 is 0 Å². The second-order valence-corrected chi connectivity index (χ2v) is 7.50. The van der Waals surface area contributed by atoms with E-state index < -0.39 is 5.60 Å². The molecule has 0 N–H and O–H groups in total. The lowest BCUT2D eigenvalue weighted by Gasteiger charge is -2.42. The lowest BCUT2D eigenvalue weighted by Crippen LogP contribution is -2.42. The number of hydrogen-bond acceptors (Lipinski definition) is 2. The molecule has 1 aromatic heterocycles. The van der Waals surface area contributed by atoms with E-state index in [2.05, 4.69) is 96.4 Å². The van der Waals surface area contributed by atoms with Crippen LogP contribution in [0.1, 0.15) is 42.8 Å². The van der Waals surface area contributed by atoms with Gasteiger partial charge in [-0.3, -0.25) is 0 Å². The maximum atomic E-state index is 6.96. The summed E-state index contributed by atoms with van der Waals surface area (Å²) >= 11 is 0. The third-order valence-electron chi connectivity index (χ3n) is 5.73. The molecule has 5 rings (SSSR count). The smallest absolute Gasteiger partial charge is 0.139 e. The van der Waals surface area contributed by atoms with E-state index in [4.69, 9.17) is 9.72 Å². The minimum absolute atomic E-state index is 0.0356. The zero-order valence-corrected chi connectivity index (χ0v) is 16.1. The quantitative estimate of drug-likeness (QED) is 0.452. The average Bonchev–Trinajstić information content (AvgIpc) is 3.14. The Morgan fingerprint density at radius 3 is 2.14 bits per heavy atom. The van der Waals surface area contributed by atoms with Gasteiger partial charge in [0, 0.05) is 0 Å². The van der Waals surface area contributed by atoms with Gasteiger partial charge in [0.15, 0.2) is 0 Å². The van der Waals surface area contributed by atoms with Crippen molar-refractivity contribution in [3.63, 3.8) is 0 Å². The number of ether oxygens (including phenoxy) is 1. The number of para-hydroxylation sites is 2. The summed E-state index contributed by atoms with van der Waals surface area (Å²) in [5.41, 5.74) is 4.06. The summed E-state index contributed by atoms with van der Waals surface area (Å²) in [4.78, 5) is 4.94. The average molecular weight is 368 g/mol. The highest BCUT2D eigenvalue weighted by atomic mass is 16.5. The lowest BCUT2D eigenvalue weighted by molar-refractivity contribution is -0.112. The van der Waals surface area contributed by atoms with Gasteiger partial charge in [-0.2, -0.15) is 0 Å². The fraction of sp³-hybridized carbons (Fsp3) is 0.240. The van der Waals surface area contributed by atoms with Crippen molar-refractivity contribution < 1.29 is 4.74 Å². The lowest BCUT2D eigenvalue weighted by atomic mass is 9.84. The van der Waals surface area contributed by atoms with Crippen molar-refractivity contribution in [3.8, 4) is 0 Å². The zero-order chi connectivity index (χ0) is 19.0. The second-order valence-electron chi connectivity index (χ2n) is 7.50. The number of aromatic nitrogens is 2. The Labute approximate surface area is 165 Å². The van der Waals surface area contributed by atoms with E-state index in [1.54, 1.807) is 0 Å². The molecule has 0 spiro atoms. The van der Waals surface area contributed by atoms with Crippen LogP contribution >= 0.6 is 0 Å². The van der Waals surface area contributed by atoms with Crippen LogP contribution in [-0.4, -0.2) is 9.55 Å². The molecule has 1 aliphatic rings. The molecule has 0 unspecified atom stereocenters. The van der Waals surface area contributed by atoms with Crippen molar-refractivity contribution in [2.24, 2.45) is 0 Å². The van der Waals surface area contributed by atoms with E-state index in [-0.39, 0.29) is 6.10 Å². The third kappa shape index (κ3) is 2.66. The Morgan fingerprint density at radius 2 is 1.50 bits per heavy atom. The molecule has 1 aliphatic heterocycles. The van der Waals surface area contributed by atoms with Gasteiger partial charge in [0.25, 0.3) is 0 Å². The number of hydrogen-bond donors (Lipinski definition) is 0. The van der Waals surface area contributed by atoms with Gasteiger partial charge in [0.2, 0.25) is 0 Å². The topological polar surface area (TPSA) is 27.1 Å². The molecule has 0 saturated heterocycles. The molecule has 0 radical (unpaired) electrons. The Hall–Kier alpha value is -2.91. The van der Waals surface area contributed by atoms with Crippen LogP contribution in [-0.2, 0) is 16.9 Å². The van der Waals surface area contributed by atoms with Crippen molar-refractivity contribution in [3.05, 3.63) is 102 Å². The van der Waals surface area contributed by atoms with E-state index in [0.29, 0.717) is 0 Å². The summed E-state index contributed by atoms with van der Waals surface area (Å²) in [6.45, 7) is 2.93. The molecule has 0 aliphatic carbocycles. The van der Waals surface area contributed by atoms with E-state index in [1.807, 2.05) is 0 Å². The molecule has 0 amide bonds. The Balaban J connectivity index is 1.77. The predicted molar refractivity (Wildman–Crippen MR) is 112 cm³/mol. The maximum Gasteiger partial charge on any atom is 0.139 e. The van der Waals surface area contributed by atoms with Gasteiger partial charge in [-0.25, -0.2) is 4.98 Å². The molecule has 140 valence electrons. The summed E-state index contributed by atoms with van der Waals surface area (Å²) in [6.07, 6.45) is 1.96. The normalized spacial score (nSPS) is 18.1. The summed E-state index contributed by atoms with van der Waals surface area (Å²) in [7, 11) is 0. The Morgan fingerprint density at radius 1 is 0.893 bits per heavy atom. The highest BCUT2D eigenvalue weighted by Gasteiger charge is 2.44. The van der Waals surface area contributed by atoms with Crippen LogP contribution in [0.25, 0.3) is 11.0 Å². The van der Waals surface area contributed by atoms with Gasteiger partial charge in [-0.15, -0.1) is 0 Å². The molecular formula is C25H24N2O. The van der Waals surface area contributed by atoms with Gasteiger partial charge in [0.1, 0.15) is 17.5 Å². The fourth-order valence-electron chi connectivity index (χ4n) is 4.41. The zero-order valence-electron chi connectivity index (χ0n) is 16.1. The van der Waals surface area contributed by atoms with Crippen LogP contribution in [0.5, 0.6) is 0 Å². The molecule has 3 aromatic carbocycles. The first kappa shape index (κ1) is 17.2. The van der Waals surface area contributed by atoms with Crippen LogP contribution < -0.4 is 0 Å². The number of imidazole rings is 1. The minimum Gasteiger partial charge on any atom is -0.352 e. The minimum atomic E-state index is -0.529. The van der Waals surface area contributed by atoms with Crippen molar-refractivity contribution in [2.45, 2.75) is 38.0 Å². The summed E-state index contributed by atoms with van der Waals surface area (Å²) in [5.74, 6) is 1.05. The summed E-state index contributed by atoms with van der Waals surface area (Å²) in [6, 6.07) is 29.6. The van der Waals surface area contributed by atoms with E-state index in [0.717, 1.165) is 30.7 Å². The standard InChI is InChI=1S/C25H24N2O/c1-2-11-23-24-26-21-16-9-10-17-22(21)27(24)18-25(28-23,19-12-5-3-6-13-19)20-14-7-4-8-15-20/h3-10,12-17,23H,2,11,18H2,1H3/t23-/m0/s1. The third-order valence-corrected chi connectivity index (χ3v) is 5.73. The largest absolute Gasteiger partial charge is 0.352 e. The monoisotopic (exact) mass is 368 g/mol. The Bertz CT molecular complexity index is 1050. The van der Waals surface area contributed by atoms with E-state index >= 15 is 0 Å². The SMILES string of the molecule is CCC[C@@H]1OC(c2ccccc2)(c2ccccc2)Cn2c1nc1ccccc12. The first-order valence-corrected chi connectivity index (χ1v) is 10.1. The molecule has 2 heterocycles. The molecular weight excluding hydrogens is 344 g/mol. The van der Waals surface area contributed by atoms with Crippen LogP contribution in [0.15, 0.2) is 84.9 Å². The van der Waals surface area contributed by atoms with Crippen molar-refractivity contribution in [1.29, 1.82) is 0 Å². The molecule has 3 nitrogen and oxygen atoms in total. The van der Waals surface area contributed by atoms with E-state index in [1.165, 1.54) is 16.6 Å². The number of rotatable bonds is 4. The summed E-state index contributed by atoms with van der Waals surface area (Å²) in [5, 5.41) is 0. The summed E-state index contributed by atoms with van der Waals surface area (Å²) < 4.78 is 9.33. The van der Waals surface area contributed by atoms with Crippen LogP contribution in [0.3, 0.4) is 0 Å². The Kier molecular flexibility index (Phi) is 4.25. The molecule has 4 aromatic rings. The number of nitrogens with zero attached hydrogens (tertiary/aromatic N) is 2. The van der Waals surface area contributed by atoms with Gasteiger partial charge in [0.05, 0.1) is 17.6 Å². The molecule has 0 saturated carbocycles. The van der Waals surface area contributed by atoms with E-state index in [9.17, 15) is 0 Å². The molecule has 3 heteroatoms. The second kappa shape index (κ2) is 6.92. The van der Waals surface area contributed by atoms with Crippen LogP contribution in [0, 0.1) is 0 Å². The predicted octanol–water partition coefficient (Wildman–Crippen LogP) is 5.85. The first-order valence-electron chi connectivity index (χ1n) is 10.1.